The highest BCUT2D eigenvalue weighted by Gasteiger charge is 2.47. The van der Waals surface area contributed by atoms with E-state index in [0.717, 1.165) is 24.0 Å². The number of sulfonamides is 1. The van der Waals surface area contributed by atoms with Gasteiger partial charge in [-0.3, -0.25) is 0 Å². The van der Waals surface area contributed by atoms with Crippen LogP contribution in [-0.4, -0.2) is 20.1 Å². The summed E-state index contributed by atoms with van der Waals surface area (Å²) in [5, 5.41) is 10.9. The molecule has 3 rings (SSSR count). The lowest BCUT2D eigenvalue weighted by molar-refractivity contribution is -0.00225. The first-order valence-corrected chi connectivity index (χ1v) is 9.33. The van der Waals surface area contributed by atoms with Gasteiger partial charge in [0.25, 0.3) is 0 Å². The largest absolute Gasteiger partial charge is 0.466 e. The Balaban J connectivity index is 1.70. The fraction of sp³-hybridized carbons (Fsp3) is 0.412. The number of furan rings is 1. The van der Waals surface area contributed by atoms with Gasteiger partial charge in [0.1, 0.15) is 11.4 Å². The molecule has 1 fully saturated rings. The van der Waals surface area contributed by atoms with Crippen LogP contribution in [0.15, 0.2) is 47.1 Å². The molecule has 2 aromatic rings. The Bertz CT molecular complexity index is 766. The first-order chi connectivity index (χ1) is 10.9. The van der Waals surface area contributed by atoms with Gasteiger partial charge < -0.3 is 9.52 Å². The molecule has 1 heterocycles. The van der Waals surface area contributed by atoms with Gasteiger partial charge in [-0.1, -0.05) is 29.8 Å². The molecule has 0 aliphatic heterocycles. The zero-order chi connectivity index (χ0) is 16.5. The van der Waals surface area contributed by atoms with Crippen molar-refractivity contribution in [3.05, 3.63) is 59.5 Å². The van der Waals surface area contributed by atoms with Crippen molar-refractivity contribution in [1.82, 2.24) is 4.72 Å². The second-order valence-electron chi connectivity index (χ2n) is 6.25. The maximum Gasteiger partial charge on any atom is 0.215 e. The van der Waals surface area contributed by atoms with Crippen LogP contribution in [0.5, 0.6) is 0 Å². The van der Waals surface area contributed by atoms with Crippen LogP contribution >= 0.6 is 0 Å². The normalized spacial score (nSPS) is 17.8. The minimum absolute atomic E-state index is 0.0373. The first kappa shape index (κ1) is 16.2. The topological polar surface area (TPSA) is 79.5 Å². The zero-order valence-electron chi connectivity index (χ0n) is 13.0. The van der Waals surface area contributed by atoms with E-state index in [1.54, 1.807) is 18.2 Å². The summed E-state index contributed by atoms with van der Waals surface area (Å²) in [4.78, 5) is 0. The third-order valence-electron chi connectivity index (χ3n) is 4.20. The Morgan fingerprint density at radius 3 is 2.70 bits per heavy atom. The molecule has 1 saturated carbocycles. The summed E-state index contributed by atoms with van der Waals surface area (Å²) in [6, 6.07) is 10.8. The Kier molecular flexibility index (Phi) is 4.31. The first-order valence-electron chi connectivity index (χ1n) is 7.68. The summed E-state index contributed by atoms with van der Waals surface area (Å²) in [6.07, 6.45) is 3.23. The Labute approximate surface area is 136 Å². The van der Waals surface area contributed by atoms with Crippen LogP contribution in [0.3, 0.4) is 0 Å². The second kappa shape index (κ2) is 6.11. The van der Waals surface area contributed by atoms with Crippen LogP contribution in [0.4, 0.5) is 0 Å². The number of hydrogen-bond acceptors (Lipinski definition) is 4. The van der Waals surface area contributed by atoms with Gasteiger partial charge in [-0.2, -0.15) is 0 Å². The Morgan fingerprint density at radius 1 is 1.30 bits per heavy atom. The summed E-state index contributed by atoms with van der Waals surface area (Å²) < 4.78 is 32.5. The van der Waals surface area contributed by atoms with Gasteiger partial charge in [0.2, 0.25) is 10.0 Å². The van der Waals surface area contributed by atoms with E-state index in [0.29, 0.717) is 5.76 Å². The summed E-state index contributed by atoms with van der Waals surface area (Å²) in [7, 11) is -3.53. The monoisotopic (exact) mass is 335 g/mol. The van der Waals surface area contributed by atoms with Gasteiger partial charge in [-0.25, -0.2) is 13.1 Å². The molecule has 0 amide bonds. The van der Waals surface area contributed by atoms with Gasteiger partial charge in [0.05, 0.1) is 12.0 Å². The number of benzene rings is 1. The predicted molar refractivity (Wildman–Crippen MR) is 87.1 cm³/mol. The maximum absolute atomic E-state index is 12.3. The highest BCUT2D eigenvalue weighted by atomic mass is 32.2. The number of rotatable bonds is 7. The van der Waals surface area contributed by atoms with Crippen LogP contribution in [0, 0.1) is 12.8 Å². The molecule has 0 saturated heterocycles. The SMILES string of the molecule is Cc1cccc(CS(=O)(=O)NCC(O)(c2ccco2)C2CC2)c1. The van der Waals surface area contributed by atoms with Gasteiger partial charge in [0, 0.05) is 6.54 Å². The van der Waals surface area contributed by atoms with E-state index < -0.39 is 15.6 Å². The molecule has 23 heavy (non-hydrogen) atoms. The minimum Gasteiger partial charge on any atom is -0.466 e. The Hall–Kier alpha value is -1.63. The highest BCUT2D eigenvalue weighted by Crippen LogP contribution is 2.45. The average molecular weight is 335 g/mol. The van der Waals surface area contributed by atoms with Crippen molar-refractivity contribution >= 4 is 10.0 Å². The number of hydrogen-bond donors (Lipinski definition) is 2. The molecule has 0 bridgehead atoms. The Morgan fingerprint density at radius 2 is 2.09 bits per heavy atom. The van der Waals surface area contributed by atoms with Crippen molar-refractivity contribution in [1.29, 1.82) is 0 Å². The van der Waals surface area contributed by atoms with E-state index in [4.69, 9.17) is 4.42 Å². The summed E-state index contributed by atoms with van der Waals surface area (Å²) in [5.74, 6) is 0.349. The summed E-state index contributed by atoms with van der Waals surface area (Å²) in [5.41, 5.74) is 0.469. The lowest BCUT2D eigenvalue weighted by Gasteiger charge is -2.26. The number of nitrogens with one attached hydrogen (secondary N) is 1. The number of aliphatic hydroxyl groups is 1. The third-order valence-corrected chi connectivity index (χ3v) is 5.50. The third kappa shape index (κ3) is 3.83. The van der Waals surface area contributed by atoms with Crippen molar-refractivity contribution in [2.24, 2.45) is 5.92 Å². The molecule has 124 valence electrons. The van der Waals surface area contributed by atoms with E-state index in [1.807, 2.05) is 25.1 Å². The summed E-state index contributed by atoms with van der Waals surface area (Å²) in [6.45, 7) is 1.85. The smallest absolute Gasteiger partial charge is 0.215 e. The molecule has 1 atom stereocenters. The molecular weight excluding hydrogens is 314 g/mol. The zero-order valence-corrected chi connectivity index (χ0v) is 13.8. The van der Waals surface area contributed by atoms with Crippen molar-refractivity contribution in [3.63, 3.8) is 0 Å². The highest BCUT2D eigenvalue weighted by molar-refractivity contribution is 7.88. The van der Waals surface area contributed by atoms with Crippen LogP contribution in [0.2, 0.25) is 0 Å². The lowest BCUT2D eigenvalue weighted by Crippen LogP contribution is -2.42. The van der Waals surface area contributed by atoms with Crippen molar-refractivity contribution in [2.75, 3.05) is 6.54 Å². The van der Waals surface area contributed by atoms with Crippen molar-refractivity contribution in [3.8, 4) is 0 Å². The molecular formula is C17H21NO4S. The van der Waals surface area contributed by atoms with E-state index in [2.05, 4.69) is 4.72 Å². The van der Waals surface area contributed by atoms with Crippen LogP contribution in [0.25, 0.3) is 0 Å². The fourth-order valence-electron chi connectivity index (χ4n) is 2.81. The van der Waals surface area contributed by atoms with Gasteiger partial charge in [0.15, 0.2) is 0 Å². The fourth-order valence-corrected chi connectivity index (χ4v) is 3.97. The standard InChI is InChI=1S/C17H21NO4S/c1-13-4-2-5-14(10-13)11-23(20,21)18-12-17(19,15-7-8-15)16-6-3-9-22-16/h2-6,9-10,15,18-19H,7-8,11-12H2,1H3. The van der Waals surface area contributed by atoms with Gasteiger partial charge >= 0.3 is 0 Å². The van der Waals surface area contributed by atoms with Crippen molar-refractivity contribution < 1.29 is 17.9 Å². The molecule has 1 aromatic carbocycles. The van der Waals surface area contributed by atoms with Crippen molar-refractivity contribution in [2.45, 2.75) is 31.1 Å². The molecule has 1 unspecified atom stereocenters. The summed E-state index contributed by atoms with van der Waals surface area (Å²) >= 11 is 0. The molecule has 1 aliphatic rings. The lowest BCUT2D eigenvalue weighted by atomic mass is 9.95. The van der Waals surface area contributed by atoms with E-state index in [-0.39, 0.29) is 18.2 Å². The molecule has 0 radical (unpaired) electrons. The predicted octanol–water partition coefficient (Wildman–Crippen LogP) is 2.31. The molecule has 1 aromatic heterocycles. The maximum atomic E-state index is 12.3. The second-order valence-corrected chi connectivity index (χ2v) is 8.05. The van der Waals surface area contributed by atoms with E-state index in [1.165, 1.54) is 6.26 Å². The number of aryl methyl sites for hydroxylation is 1. The molecule has 5 nitrogen and oxygen atoms in total. The van der Waals surface area contributed by atoms with Gasteiger partial charge in [-0.15, -0.1) is 0 Å². The molecule has 6 heteroatoms. The van der Waals surface area contributed by atoms with Crippen LogP contribution in [-0.2, 0) is 21.4 Å². The van der Waals surface area contributed by atoms with Crippen LogP contribution < -0.4 is 4.72 Å². The van der Waals surface area contributed by atoms with Crippen LogP contribution in [0.1, 0.15) is 29.7 Å². The van der Waals surface area contributed by atoms with Gasteiger partial charge in [-0.05, 0) is 43.4 Å². The van der Waals surface area contributed by atoms with E-state index >= 15 is 0 Å². The quantitative estimate of drug-likeness (QED) is 0.814. The molecule has 0 spiro atoms. The minimum atomic E-state index is -3.53. The molecule has 2 N–H and O–H groups in total. The molecule has 1 aliphatic carbocycles. The average Bonchev–Trinajstić information content (AvgIpc) is 3.20. The van der Waals surface area contributed by atoms with E-state index in [9.17, 15) is 13.5 Å².